The summed E-state index contributed by atoms with van der Waals surface area (Å²) in [5, 5.41) is 5.52. The van der Waals surface area contributed by atoms with Crippen molar-refractivity contribution >= 4 is 61.0 Å². The Morgan fingerprint density at radius 2 is 1.48 bits per heavy atom. The Kier molecular flexibility index (Phi) is 6.58. The van der Waals surface area contributed by atoms with Crippen molar-refractivity contribution in [1.29, 1.82) is 0 Å². The Balaban J connectivity index is 0.00000314. The first-order valence-electron chi connectivity index (χ1n) is 15.7. The minimum absolute atomic E-state index is 0. The van der Waals surface area contributed by atoms with E-state index in [4.69, 9.17) is 9.72 Å². The molecule has 1 aliphatic heterocycles. The van der Waals surface area contributed by atoms with Crippen LogP contribution < -0.4 is 4.74 Å². The van der Waals surface area contributed by atoms with E-state index in [1.165, 1.54) is 26.3 Å². The largest absolute Gasteiger partial charge is 2.00 e. The summed E-state index contributed by atoms with van der Waals surface area (Å²) >= 11 is 1.85. The molecular formula is C41H26N4OPdS. The van der Waals surface area contributed by atoms with Crippen LogP contribution in [0.5, 0.6) is 11.5 Å². The van der Waals surface area contributed by atoms with Crippen molar-refractivity contribution < 1.29 is 25.2 Å². The molecule has 0 radical (unpaired) electrons. The molecule has 0 atom stereocenters. The maximum absolute atomic E-state index is 6.46. The zero-order chi connectivity index (χ0) is 31.3. The van der Waals surface area contributed by atoms with Gasteiger partial charge in [0.2, 0.25) is 0 Å². The Labute approximate surface area is 294 Å². The number of benzene rings is 5. The molecule has 0 saturated heterocycles. The second-order valence-electron chi connectivity index (χ2n) is 12.5. The number of aromatic nitrogens is 4. The quantitative estimate of drug-likeness (QED) is 0.103. The molecule has 0 amide bonds. The Hall–Kier alpha value is -4.93. The van der Waals surface area contributed by atoms with Crippen molar-refractivity contribution in [2.45, 2.75) is 29.1 Å². The van der Waals surface area contributed by atoms with E-state index in [1.807, 2.05) is 54.6 Å². The van der Waals surface area contributed by atoms with Crippen LogP contribution in [0.15, 0.2) is 132 Å². The predicted octanol–water partition coefficient (Wildman–Crippen LogP) is 10.3. The normalized spacial score (nSPS) is 13.5. The van der Waals surface area contributed by atoms with E-state index >= 15 is 0 Å². The second-order valence-corrected chi connectivity index (χ2v) is 13.6. The molecule has 0 spiro atoms. The van der Waals surface area contributed by atoms with Gasteiger partial charge in [-0.3, -0.25) is 4.98 Å². The SMILES string of the molecule is CC1(C)c2ccccc2Sc2ccc3c(c21)c1cccnc1n3-c1[c-]c(Oc2[c-]c3c(cc2)c2ccccc2n2ccnc32)ccc1.[Pd+2]. The molecule has 7 heteroatoms. The molecule has 5 nitrogen and oxygen atoms in total. The monoisotopic (exact) mass is 728 g/mol. The minimum Gasteiger partial charge on any atom is -0.503 e. The van der Waals surface area contributed by atoms with Gasteiger partial charge in [0.25, 0.3) is 0 Å². The van der Waals surface area contributed by atoms with Gasteiger partial charge >= 0.3 is 20.4 Å². The molecule has 1 aliphatic rings. The van der Waals surface area contributed by atoms with Gasteiger partial charge in [0.1, 0.15) is 5.65 Å². The Bertz CT molecular complexity index is 2740. The maximum atomic E-state index is 6.46. The molecule has 4 aromatic heterocycles. The van der Waals surface area contributed by atoms with Gasteiger partial charge in [-0.05, 0) is 52.9 Å². The predicted molar refractivity (Wildman–Crippen MR) is 189 cm³/mol. The average Bonchev–Trinajstić information content (AvgIpc) is 3.72. The molecule has 0 aliphatic carbocycles. The van der Waals surface area contributed by atoms with Crippen molar-refractivity contribution in [3.8, 4) is 17.2 Å². The number of pyridine rings is 2. The van der Waals surface area contributed by atoms with Gasteiger partial charge in [-0.2, -0.15) is 6.07 Å². The van der Waals surface area contributed by atoms with Gasteiger partial charge < -0.3 is 13.7 Å². The minimum atomic E-state index is -0.183. The van der Waals surface area contributed by atoms with E-state index in [9.17, 15) is 0 Å². The number of rotatable bonds is 3. The van der Waals surface area contributed by atoms with Crippen molar-refractivity contribution in [3.05, 3.63) is 145 Å². The van der Waals surface area contributed by atoms with Crippen LogP contribution in [0, 0.1) is 12.1 Å². The second kappa shape index (κ2) is 10.8. The molecule has 9 aromatic rings. The molecule has 0 bridgehead atoms. The molecule has 0 N–H and O–H groups in total. The summed E-state index contributed by atoms with van der Waals surface area (Å²) in [7, 11) is 0. The third-order valence-electron chi connectivity index (χ3n) is 9.51. The molecule has 0 saturated carbocycles. The molecular weight excluding hydrogens is 703 g/mol. The van der Waals surface area contributed by atoms with Gasteiger partial charge in [0.05, 0.1) is 11.2 Å². The maximum Gasteiger partial charge on any atom is 2.00 e. The third kappa shape index (κ3) is 4.15. The van der Waals surface area contributed by atoms with Gasteiger partial charge in [0, 0.05) is 61.6 Å². The fourth-order valence-corrected chi connectivity index (χ4v) is 8.88. The summed E-state index contributed by atoms with van der Waals surface area (Å²) in [5.41, 5.74) is 7.34. The van der Waals surface area contributed by atoms with Crippen LogP contribution in [-0.2, 0) is 25.8 Å². The Morgan fingerprint density at radius 3 is 2.42 bits per heavy atom. The molecule has 0 fully saturated rings. The smallest absolute Gasteiger partial charge is 0.503 e. The van der Waals surface area contributed by atoms with Crippen LogP contribution in [0.25, 0.3) is 54.9 Å². The summed E-state index contributed by atoms with van der Waals surface area (Å²) in [6.07, 6.45) is 5.68. The van der Waals surface area contributed by atoms with E-state index in [1.54, 1.807) is 0 Å². The number of nitrogens with zero attached hydrogens (tertiary/aromatic N) is 4. The summed E-state index contributed by atoms with van der Waals surface area (Å²) in [4.78, 5) is 12.2. The standard InChI is InChI=1S/C41H26N4OS.Pd/c1-41(2)32-13-4-6-15-35(32)47-36-19-18-34-37(38(36)41)30-12-8-20-42-40(30)45(34)25-9-7-10-26(23-25)46-27-16-17-28-29-11-3-5-14-33(29)44-22-21-43-39(44)31(28)24-27;/h3-22H,1-2H3;/q-2;+2. The molecule has 0 unspecified atom stereocenters. The number of imidazole rings is 1. The van der Waals surface area contributed by atoms with Crippen molar-refractivity contribution in [3.63, 3.8) is 0 Å². The zero-order valence-corrected chi connectivity index (χ0v) is 28.3. The van der Waals surface area contributed by atoms with Crippen molar-refractivity contribution in [2.75, 3.05) is 0 Å². The van der Waals surface area contributed by atoms with Crippen LogP contribution >= 0.6 is 11.8 Å². The van der Waals surface area contributed by atoms with Gasteiger partial charge in [0.15, 0.2) is 0 Å². The fourth-order valence-electron chi connectivity index (χ4n) is 7.46. The van der Waals surface area contributed by atoms with Crippen LogP contribution in [-0.4, -0.2) is 18.9 Å². The van der Waals surface area contributed by atoms with E-state index in [-0.39, 0.29) is 25.8 Å². The van der Waals surface area contributed by atoms with Crippen LogP contribution in [0.4, 0.5) is 0 Å². The van der Waals surface area contributed by atoms with E-state index in [0.717, 1.165) is 49.6 Å². The number of ether oxygens (including phenoxy) is 1. The van der Waals surface area contributed by atoms with Gasteiger partial charge in [-0.15, -0.1) is 30.3 Å². The third-order valence-corrected chi connectivity index (χ3v) is 10.6. The summed E-state index contributed by atoms with van der Waals surface area (Å²) in [5.74, 6) is 1.21. The molecule has 232 valence electrons. The van der Waals surface area contributed by atoms with E-state index in [2.05, 4.69) is 119 Å². The number of hydrogen-bond acceptors (Lipinski definition) is 4. The van der Waals surface area contributed by atoms with Crippen molar-refractivity contribution in [1.82, 2.24) is 18.9 Å². The Morgan fingerprint density at radius 1 is 0.667 bits per heavy atom. The van der Waals surface area contributed by atoms with E-state index < -0.39 is 0 Å². The molecule has 10 rings (SSSR count). The zero-order valence-electron chi connectivity index (χ0n) is 26.0. The van der Waals surface area contributed by atoms with E-state index in [0.29, 0.717) is 11.5 Å². The average molecular weight is 729 g/mol. The molecule has 5 aromatic carbocycles. The number of hydrogen-bond donors (Lipinski definition) is 0. The van der Waals surface area contributed by atoms with Crippen molar-refractivity contribution in [2.24, 2.45) is 0 Å². The van der Waals surface area contributed by atoms with Crippen LogP contribution in [0.2, 0.25) is 0 Å². The molecule has 5 heterocycles. The topological polar surface area (TPSA) is 44.4 Å². The summed E-state index contributed by atoms with van der Waals surface area (Å²) in [6, 6.07) is 43.0. The number of para-hydroxylation sites is 1. The first-order chi connectivity index (χ1) is 23.1. The molecule has 48 heavy (non-hydrogen) atoms. The summed E-state index contributed by atoms with van der Waals surface area (Å²) in [6.45, 7) is 4.67. The van der Waals surface area contributed by atoms with Gasteiger partial charge in [-0.1, -0.05) is 84.5 Å². The first kappa shape index (κ1) is 29.2. The first-order valence-corrected chi connectivity index (χ1v) is 16.5. The fraction of sp³-hybridized carbons (Fsp3) is 0.0732. The van der Waals surface area contributed by atoms with Crippen LogP contribution in [0.1, 0.15) is 25.0 Å². The summed E-state index contributed by atoms with van der Waals surface area (Å²) < 4.78 is 10.8. The number of fused-ring (bicyclic) bond motifs is 12. The van der Waals surface area contributed by atoms with Gasteiger partial charge in [-0.25, -0.2) is 4.98 Å². The van der Waals surface area contributed by atoms with Crippen LogP contribution in [0.3, 0.4) is 0 Å².